The Morgan fingerprint density at radius 3 is 2.74 bits per heavy atom. The fourth-order valence-corrected chi connectivity index (χ4v) is 3.36. The van der Waals surface area contributed by atoms with Crippen molar-refractivity contribution in [1.82, 2.24) is 15.5 Å². The second-order valence-corrected chi connectivity index (χ2v) is 6.24. The summed E-state index contributed by atoms with van der Waals surface area (Å²) in [5.74, 6) is 1.89. The molecule has 1 heterocycles. The zero-order chi connectivity index (χ0) is 13.7. The predicted octanol–water partition coefficient (Wildman–Crippen LogP) is 1.22. The van der Waals surface area contributed by atoms with Crippen molar-refractivity contribution < 1.29 is 4.79 Å². The number of piperazine rings is 1. The van der Waals surface area contributed by atoms with E-state index in [0.717, 1.165) is 44.6 Å². The van der Waals surface area contributed by atoms with Crippen molar-refractivity contribution in [3.8, 4) is 0 Å². The number of carbonyl (C=O) groups excluding carboxylic acids is 1. The highest BCUT2D eigenvalue weighted by molar-refractivity contribution is 5.82. The molecule has 0 radical (unpaired) electrons. The number of nitrogens with zero attached hydrogens (tertiary/aromatic N) is 1. The van der Waals surface area contributed by atoms with Crippen LogP contribution in [0.4, 0.5) is 0 Å². The van der Waals surface area contributed by atoms with Crippen LogP contribution in [0.25, 0.3) is 0 Å². The third kappa shape index (κ3) is 4.18. The summed E-state index contributed by atoms with van der Waals surface area (Å²) in [5, 5.41) is 6.31. The lowest BCUT2D eigenvalue weighted by Crippen LogP contribution is -2.58. The quantitative estimate of drug-likeness (QED) is 0.805. The van der Waals surface area contributed by atoms with E-state index in [0.29, 0.717) is 0 Å². The highest BCUT2D eigenvalue weighted by Gasteiger charge is 2.30. The number of hydrogen-bond acceptors (Lipinski definition) is 3. The first-order valence-corrected chi connectivity index (χ1v) is 7.93. The van der Waals surface area contributed by atoms with Crippen LogP contribution in [0.2, 0.25) is 0 Å². The molecule has 0 aromatic heterocycles. The number of nitrogens with one attached hydrogen (secondary N) is 2. The summed E-state index contributed by atoms with van der Waals surface area (Å²) >= 11 is 0. The Morgan fingerprint density at radius 1 is 1.32 bits per heavy atom. The number of likely N-dealkylation sites (N-methyl/N-ethyl adjacent to an activating group) is 1. The van der Waals surface area contributed by atoms with Gasteiger partial charge in [-0.3, -0.25) is 9.69 Å². The molecule has 4 heteroatoms. The van der Waals surface area contributed by atoms with Crippen molar-refractivity contribution in [2.45, 2.75) is 45.6 Å². The van der Waals surface area contributed by atoms with Crippen molar-refractivity contribution >= 4 is 5.91 Å². The van der Waals surface area contributed by atoms with Gasteiger partial charge >= 0.3 is 0 Å². The van der Waals surface area contributed by atoms with Gasteiger partial charge in [0, 0.05) is 32.7 Å². The van der Waals surface area contributed by atoms with Crippen LogP contribution in [0.1, 0.15) is 39.5 Å². The first-order chi connectivity index (χ1) is 9.20. The van der Waals surface area contributed by atoms with Gasteiger partial charge in [-0.2, -0.15) is 0 Å². The fraction of sp³-hybridized carbons (Fsp3) is 0.933. The fourth-order valence-electron chi connectivity index (χ4n) is 3.36. The summed E-state index contributed by atoms with van der Waals surface area (Å²) in [7, 11) is 0. The molecular formula is C15H29N3O. The van der Waals surface area contributed by atoms with Crippen LogP contribution < -0.4 is 10.6 Å². The Hall–Kier alpha value is -0.610. The molecule has 0 aromatic rings. The minimum atomic E-state index is 0.0352. The van der Waals surface area contributed by atoms with E-state index < -0.39 is 0 Å². The van der Waals surface area contributed by atoms with E-state index in [4.69, 9.17) is 0 Å². The SMILES string of the molecule is CCNC(=O)C1CNCCN1CC1CCC(C)CC1. The Morgan fingerprint density at radius 2 is 2.05 bits per heavy atom. The summed E-state index contributed by atoms with van der Waals surface area (Å²) in [6, 6.07) is 0.0352. The van der Waals surface area contributed by atoms with E-state index in [2.05, 4.69) is 22.5 Å². The topological polar surface area (TPSA) is 44.4 Å². The van der Waals surface area contributed by atoms with E-state index in [1.54, 1.807) is 0 Å². The molecule has 2 rings (SSSR count). The average molecular weight is 267 g/mol. The molecule has 19 heavy (non-hydrogen) atoms. The largest absolute Gasteiger partial charge is 0.355 e. The molecule has 4 nitrogen and oxygen atoms in total. The maximum Gasteiger partial charge on any atom is 0.238 e. The second kappa shape index (κ2) is 7.25. The highest BCUT2D eigenvalue weighted by atomic mass is 16.2. The standard InChI is InChI=1S/C15H29N3O/c1-3-17-15(19)14-10-16-8-9-18(14)11-13-6-4-12(2)5-7-13/h12-14,16H,3-11H2,1-2H3,(H,17,19). The molecule has 0 bridgehead atoms. The van der Waals surface area contributed by atoms with Gasteiger partial charge in [0.25, 0.3) is 0 Å². The van der Waals surface area contributed by atoms with E-state index >= 15 is 0 Å². The van der Waals surface area contributed by atoms with Gasteiger partial charge in [0.1, 0.15) is 6.04 Å². The molecule has 1 unspecified atom stereocenters. The average Bonchev–Trinajstić information content (AvgIpc) is 2.42. The minimum Gasteiger partial charge on any atom is -0.355 e. The number of rotatable bonds is 4. The van der Waals surface area contributed by atoms with Gasteiger partial charge < -0.3 is 10.6 Å². The first-order valence-electron chi connectivity index (χ1n) is 7.93. The summed E-state index contributed by atoms with van der Waals surface area (Å²) < 4.78 is 0. The van der Waals surface area contributed by atoms with E-state index in [-0.39, 0.29) is 11.9 Å². The molecule has 110 valence electrons. The summed E-state index contributed by atoms with van der Waals surface area (Å²) in [4.78, 5) is 14.5. The van der Waals surface area contributed by atoms with Gasteiger partial charge in [0.15, 0.2) is 0 Å². The number of hydrogen-bond donors (Lipinski definition) is 2. The monoisotopic (exact) mass is 267 g/mol. The van der Waals surface area contributed by atoms with Crippen LogP contribution in [0, 0.1) is 11.8 Å². The van der Waals surface area contributed by atoms with Crippen LogP contribution in [0.15, 0.2) is 0 Å². The lowest BCUT2D eigenvalue weighted by atomic mass is 9.82. The van der Waals surface area contributed by atoms with Gasteiger partial charge in [-0.05, 0) is 31.6 Å². The highest BCUT2D eigenvalue weighted by Crippen LogP contribution is 2.29. The molecule has 0 spiro atoms. The maximum atomic E-state index is 12.1. The summed E-state index contributed by atoms with van der Waals surface area (Å²) in [6.07, 6.45) is 5.41. The van der Waals surface area contributed by atoms with Crippen LogP contribution >= 0.6 is 0 Å². The first kappa shape index (κ1) is 14.8. The Balaban J connectivity index is 1.86. The van der Waals surface area contributed by atoms with E-state index in [1.807, 2.05) is 6.92 Å². The van der Waals surface area contributed by atoms with Crippen LogP contribution in [0.5, 0.6) is 0 Å². The van der Waals surface area contributed by atoms with Gasteiger partial charge in [0.05, 0.1) is 0 Å². The van der Waals surface area contributed by atoms with Crippen molar-refractivity contribution in [3.63, 3.8) is 0 Å². The van der Waals surface area contributed by atoms with E-state index in [9.17, 15) is 4.79 Å². The molecule has 2 aliphatic rings. The van der Waals surface area contributed by atoms with Crippen molar-refractivity contribution in [2.75, 3.05) is 32.7 Å². The summed E-state index contributed by atoms with van der Waals surface area (Å²) in [6.45, 7) is 9.00. The van der Waals surface area contributed by atoms with Crippen LogP contribution in [-0.2, 0) is 4.79 Å². The lowest BCUT2D eigenvalue weighted by molar-refractivity contribution is -0.127. The lowest BCUT2D eigenvalue weighted by Gasteiger charge is -2.38. The van der Waals surface area contributed by atoms with Crippen LogP contribution in [0.3, 0.4) is 0 Å². The van der Waals surface area contributed by atoms with Crippen molar-refractivity contribution in [3.05, 3.63) is 0 Å². The van der Waals surface area contributed by atoms with Gasteiger partial charge in [-0.25, -0.2) is 0 Å². The van der Waals surface area contributed by atoms with Crippen molar-refractivity contribution in [1.29, 1.82) is 0 Å². The maximum absolute atomic E-state index is 12.1. The van der Waals surface area contributed by atoms with Gasteiger partial charge in [-0.1, -0.05) is 19.8 Å². The number of amides is 1. The smallest absolute Gasteiger partial charge is 0.238 e. The molecule has 1 atom stereocenters. The Labute approximate surface area is 117 Å². The normalized spacial score (nSPS) is 33.1. The zero-order valence-corrected chi connectivity index (χ0v) is 12.5. The molecular weight excluding hydrogens is 238 g/mol. The molecule has 1 amide bonds. The van der Waals surface area contributed by atoms with E-state index in [1.165, 1.54) is 25.7 Å². The second-order valence-electron chi connectivity index (χ2n) is 6.24. The zero-order valence-electron chi connectivity index (χ0n) is 12.5. The molecule has 1 saturated heterocycles. The molecule has 1 aliphatic carbocycles. The van der Waals surface area contributed by atoms with Crippen molar-refractivity contribution in [2.24, 2.45) is 11.8 Å². The van der Waals surface area contributed by atoms with Gasteiger partial charge in [0.2, 0.25) is 5.91 Å². The van der Waals surface area contributed by atoms with Crippen LogP contribution in [-0.4, -0.2) is 49.6 Å². The minimum absolute atomic E-state index is 0.0352. The summed E-state index contributed by atoms with van der Waals surface area (Å²) in [5.41, 5.74) is 0. The molecule has 0 aromatic carbocycles. The molecule has 2 N–H and O–H groups in total. The Kier molecular flexibility index (Phi) is 5.64. The third-order valence-electron chi connectivity index (χ3n) is 4.64. The van der Waals surface area contributed by atoms with Gasteiger partial charge in [-0.15, -0.1) is 0 Å². The number of carbonyl (C=O) groups is 1. The molecule has 1 aliphatic heterocycles. The predicted molar refractivity (Wildman–Crippen MR) is 78.0 cm³/mol. The third-order valence-corrected chi connectivity index (χ3v) is 4.64. The molecule has 1 saturated carbocycles. The Bertz CT molecular complexity index is 287. The molecule has 2 fully saturated rings.